The molecular weight excluding hydrogens is 384 g/mol. The van der Waals surface area contributed by atoms with Gasteiger partial charge in [0, 0.05) is 37.6 Å². The van der Waals surface area contributed by atoms with Crippen LogP contribution in [0.1, 0.15) is 78.9 Å². The molecule has 0 saturated carbocycles. The fourth-order valence-electron chi connectivity index (χ4n) is 3.76. The van der Waals surface area contributed by atoms with Gasteiger partial charge in [-0.05, 0) is 42.6 Å². The van der Waals surface area contributed by atoms with E-state index in [2.05, 4.69) is 36.6 Å². The Hall–Kier alpha value is -2.01. The van der Waals surface area contributed by atoms with Gasteiger partial charge in [0.2, 0.25) is 5.91 Å². The van der Waals surface area contributed by atoms with E-state index in [9.17, 15) is 4.79 Å². The van der Waals surface area contributed by atoms with Crippen LogP contribution in [0.5, 0.6) is 0 Å². The van der Waals surface area contributed by atoms with E-state index in [0.29, 0.717) is 18.1 Å². The van der Waals surface area contributed by atoms with Gasteiger partial charge in [-0.15, -0.1) is 0 Å². The van der Waals surface area contributed by atoms with Crippen LogP contribution < -0.4 is 10.6 Å². The molecule has 1 aromatic carbocycles. The van der Waals surface area contributed by atoms with Gasteiger partial charge < -0.3 is 21.5 Å². The van der Waals surface area contributed by atoms with Gasteiger partial charge in [0.15, 0.2) is 0 Å². The maximum Gasteiger partial charge on any atom is 0.220 e. The third-order valence-corrected chi connectivity index (χ3v) is 5.46. The van der Waals surface area contributed by atoms with Crippen LogP contribution >= 0.6 is 0 Å². The molecule has 0 radical (unpaired) electrons. The minimum atomic E-state index is -0.0326. The summed E-state index contributed by atoms with van der Waals surface area (Å²) in [6.07, 6.45) is 3.85. The number of hydrogen-bond donors (Lipinski definition) is 4. The molecule has 31 heavy (non-hydrogen) atoms. The standard InChI is InChI=1S/C22H36N4O.2C2H6/c1-6-18(11-15(2)12-21(27)26-5)20(13-23)16(3)22(24)19-9-7-17(8-10-19)14-25-4;2*1-2/h7-10,13,15-16,18,20,23-25H,6,11-12,14H2,1-5H3,(H,26,27);2*1-2H3. The average Bonchev–Trinajstić information content (AvgIpc) is 2.81. The largest absolute Gasteiger partial charge is 0.359 e. The van der Waals surface area contributed by atoms with Crippen molar-refractivity contribution in [3.8, 4) is 0 Å². The van der Waals surface area contributed by atoms with Crippen molar-refractivity contribution in [3.05, 3.63) is 35.4 Å². The number of benzene rings is 1. The predicted octanol–water partition coefficient (Wildman–Crippen LogP) is 5.92. The second-order valence-corrected chi connectivity index (χ2v) is 7.56. The Labute approximate surface area is 191 Å². The molecular formula is C26H48N4O. The monoisotopic (exact) mass is 432 g/mol. The average molecular weight is 433 g/mol. The van der Waals surface area contributed by atoms with Crippen LogP contribution in [0.3, 0.4) is 0 Å². The molecule has 5 nitrogen and oxygen atoms in total. The predicted molar refractivity (Wildman–Crippen MR) is 136 cm³/mol. The molecule has 0 aliphatic rings. The van der Waals surface area contributed by atoms with E-state index in [0.717, 1.165) is 24.9 Å². The highest BCUT2D eigenvalue weighted by Crippen LogP contribution is 2.31. The summed E-state index contributed by atoms with van der Waals surface area (Å²) in [6, 6.07) is 8.11. The summed E-state index contributed by atoms with van der Waals surface area (Å²) in [4.78, 5) is 11.6. The number of rotatable bonds is 12. The minimum Gasteiger partial charge on any atom is -0.359 e. The zero-order valence-corrected chi connectivity index (χ0v) is 21.4. The number of carbonyl (C=O) groups is 1. The Morgan fingerprint density at radius 2 is 1.61 bits per heavy atom. The van der Waals surface area contributed by atoms with Crippen molar-refractivity contribution in [3.63, 3.8) is 0 Å². The lowest BCUT2D eigenvalue weighted by Crippen LogP contribution is -2.30. The van der Waals surface area contributed by atoms with E-state index in [4.69, 9.17) is 10.8 Å². The molecule has 1 aromatic rings. The lowest BCUT2D eigenvalue weighted by Gasteiger charge is -2.30. The summed E-state index contributed by atoms with van der Waals surface area (Å²) in [7, 11) is 3.58. The van der Waals surface area contributed by atoms with Crippen molar-refractivity contribution in [1.82, 2.24) is 10.6 Å². The molecule has 1 amide bonds. The van der Waals surface area contributed by atoms with Crippen molar-refractivity contribution in [2.75, 3.05) is 14.1 Å². The van der Waals surface area contributed by atoms with E-state index in [-0.39, 0.29) is 23.7 Å². The lowest BCUT2D eigenvalue weighted by atomic mass is 9.74. The highest BCUT2D eigenvalue weighted by molar-refractivity contribution is 6.01. The van der Waals surface area contributed by atoms with Gasteiger partial charge in [-0.2, -0.15) is 0 Å². The Kier molecular flexibility index (Phi) is 18.8. The Bertz CT molecular complexity index is 612. The van der Waals surface area contributed by atoms with E-state index < -0.39 is 0 Å². The van der Waals surface area contributed by atoms with E-state index in [1.54, 1.807) is 7.05 Å². The fraction of sp³-hybridized carbons (Fsp3) is 0.654. The van der Waals surface area contributed by atoms with E-state index in [1.807, 2.05) is 53.8 Å². The number of nitrogens with one attached hydrogen (secondary N) is 4. The lowest BCUT2D eigenvalue weighted by molar-refractivity contribution is -0.121. The summed E-state index contributed by atoms with van der Waals surface area (Å²) in [5.74, 6) is 0.591. The third kappa shape index (κ3) is 11.3. The van der Waals surface area contributed by atoms with E-state index >= 15 is 0 Å². The molecule has 0 heterocycles. The highest BCUT2D eigenvalue weighted by Gasteiger charge is 2.28. The molecule has 0 aliphatic heterocycles. The summed E-state index contributed by atoms with van der Waals surface area (Å²) in [6.45, 7) is 15.1. The van der Waals surface area contributed by atoms with Crippen LogP contribution in [-0.4, -0.2) is 31.9 Å². The van der Waals surface area contributed by atoms with Crippen LogP contribution in [0.15, 0.2) is 24.3 Å². The molecule has 178 valence electrons. The van der Waals surface area contributed by atoms with Crippen LogP contribution in [0.4, 0.5) is 0 Å². The highest BCUT2D eigenvalue weighted by atomic mass is 16.1. The van der Waals surface area contributed by atoms with Gasteiger partial charge in [-0.25, -0.2) is 0 Å². The minimum absolute atomic E-state index is 0.00613. The van der Waals surface area contributed by atoms with Crippen molar-refractivity contribution < 1.29 is 4.79 Å². The number of hydrogen-bond acceptors (Lipinski definition) is 4. The Balaban J connectivity index is 0. The topological polar surface area (TPSA) is 88.8 Å². The first-order valence-corrected chi connectivity index (χ1v) is 11.9. The molecule has 0 saturated heterocycles. The fourth-order valence-corrected chi connectivity index (χ4v) is 3.76. The van der Waals surface area contributed by atoms with Crippen molar-refractivity contribution in [1.29, 1.82) is 10.8 Å². The maximum absolute atomic E-state index is 11.6. The zero-order valence-electron chi connectivity index (χ0n) is 21.4. The summed E-state index contributed by atoms with van der Waals surface area (Å²) >= 11 is 0. The van der Waals surface area contributed by atoms with Crippen LogP contribution in [0.2, 0.25) is 0 Å². The molecule has 0 aliphatic carbocycles. The second-order valence-electron chi connectivity index (χ2n) is 7.56. The van der Waals surface area contributed by atoms with Gasteiger partial charge in [-0.1, -0.05) is 79.2 Å². The molecule has 4 N–H and O–H groups in total. The molecule has 1 rings (SSSR count). The van der Waals surface area contributed by atoms with Crippen molar-refractivity contribution in [2.45, 2.75) is 74.3 Å². The summed E-state index contributed by atoms with van der Waals surface area (Å²) < 4.78 is 0. The Morgan fingerprint density at radius 3 is 2.03 bits per heavy atom. The molecule has 0 spiro atoms. The zero-order chi connectivity index (χ0) is 24.4. The van der Waals surface area contributed by atoms with Crippen LogP contribution in [-0.2, 0) is 11.3 Å². The molecule has 0 fully saturated rings. The summed E-state index contributed by atoms with van der Waals surface area (Å²) in [5.41, 5.74) is 2.69. The van der Waals surface area contributed by atoms with Crippen molar-refractivity contribution in [2.24, 2.45) is 23.7 Å². The SMILES string of the molecule is CC.CC.CCC(CC(C)CC(=O)NC)C(C=N)C(C)C(=N)c1ccc(CNC)cc1. The molecule has 5 heteroatoms. The molecule has 4 atom stereocenters. The quantitative estimate of drug-likeness (QED) is 0.309. The first kappa shape index (κ1) is 31.2. The van der Waals surface area contributed by atoms with Gasteiger partial charge in [0.05, 0.1) is 0 Å². The normalized spacial score (nSPS) is 13.8. The molecule has 4 unspecified atom stereocenters. The molecule has 0 aromatic heterocycles. The third-order valence-electron chi connectivity index (χ3n) is 5.46. The van der Waals surface area contributed by atoms with Gasteiger partial charge in [-0.3, -0.25) is 4.79 Å². The van der Waals surface area contributed by atoms with E-state index in [1.165, 1.54) is 11.8 Å². The van der Waals surface area contributed by atoms with Gasteiger partial charge in [0.1, 0.15) is 0 Å². The van der Waals surface area contributed by atoms with Gasteiger partial charge >= 0.3 is 0 Å². The maximum atomic E-state index is 11.6. The first-order chi connectivity index (χ1) is 14.9. The second kappa shape index (κ2) is 18.7. The van der Waals surface area contributed by atoms with Crippen LogP contribution in [0, 0.1) is 34.5 Å². The smallest absolute Gasteiger partial charge is 0.220 e. The summed E-state index contributed by atoms with van der Waals surface area (Å²) in [5, 5.41) is 22.4. The molecule has 0 bridgehead atoms. The van der Waals surface area contributed by atoms with Gasteiger partial charge in [0.25, 0.3) is 0 Å². The van der Waals surface area contributed by atoms with Crippen LogP contribution in [0.25, 0.3) is 0 Å². The number of carbonyl (C=O) groups excluding carboxylic acids is 1. The Morgan fingerprint density at radius 1 is 1.06 bits per heavy atom. The first-order valence-electron chi connectivity index (χ1n) is 11.9. The number of amides is 1. The van der Waals surface area contributed by atoms with Crippen molar-refractivity contribution >= 4 is 17.8 Å².